The van der Waals surface area contributed by atoms with Crippen LogP contribution in [-0.4, -0.2) is 19.7 Å². The molecule has 0 amide bonds. The minimum absolute atomic E-state index is 0.647. The fraction of sp³-hybridized carbons (Fsp3) is 0.364. The van der Waals surface area contributed by atoms with Crippen LogP contribution in [0.5, 0.6) is 0 Å². The van der Waals surface area contributed by atoms with E-state index in [9.17, 15) is 0 Å². The molecule has 0 spiro atoms. The summed E-state index contributed by atoms with van der Waals surface area (Å²) in [5.74, 6) is 0.647. The van der Waals surface area contributed by atoms with Crippen molar-refractivity contribution in [3.63, 3.8) is 0 Å². The molecule has 78 valence electrons. The third-order valence-corrected chi connectivity index (χ3v) is 2.30. The molecule has 0 aromatic carbocycles. The van der Waals surface area contributed by atoms with Gasteiger partial charge in [0.25, 0.3) is 5.95 Å². The first-order chi connectivity index (χ1) is 7.35. The van der Waals surface area contributed by atoms with Gasteiger partial charge >= 0.3 is 0 Å². The van der Waals surface area contributed by atoms with Crippen molar-refractivity contribution in [3.05, 3.63) is 35.9 Å². The third kappa shape index (κ3) is 1.88. The lowest BCUT2D eigenvalue weighted by atomic mass is 10.3. The summed E-state index contributed by atoms with van der Waals surface area (Å²) >= 11 is 0. The van der Waals surface area contributed by atoms with Crippen molar-refractivity contribution < 1.29 is 0 Å². The van der Waals surface area contributed by atoms with Crippen LogP contribution in [0, 0.1) is 0 Å². The Morgan fingerprint density at radius 1 is 1.13 bits per heavy atom. The van der Waals surface area contributed by atoms with Gasteiger partial charge in [-0.2, -0.15) is 5.10 Å². The van der Waals surface area contributed by atoms with Gasteiger partial charge in [-0.25, -0.2) is 14.6 Å². The first-order valence-electron chi connectivity index (χ1n) is 5.20. The second-order valence-corrected chi connectivity index (χ2v) is 3.29. The molecule has 15 heavy (non-hydrogen) atoms. The maximum Gasteiger partial charge on any atom is 0.250 e. The quantitative estimate of drug-likeness (QED) is 0.762. The van der Waals surface area contributed by atoms with E-state index in [1.54, 1.807) is 18.5 Å². The summed E-state index contributed by atoms with van der Waals surface area (Å²) in [6, 6.07) is 3.91. The number of rotatable bonds is 3. The zero-order valence-corrected chi connectivity index (χ0v) is 9.01. The van der Waals surface area contributed by atoms with Crippen LogP contribution in [0.2, 0.25) is 0 Å². The highest BCUT2D eigenvalue weighted by Crippen LogP contribution is 2.09. The molecule has 2 aromatic rings. The molecule has 0 aliphatic carbocycles. The lowest BCUT2D eigenvalue weighted by Crippen LogP contribution is -2.05. The second kappa shape index (κ2) is 4.21. The summed E-state index contributed by atoms with van der Waals surface area (Å²) in [6.07, 6.45) is 5.34. The minimum atomic E-state index is 0.647. The van der Waals surface area contributed by atoms with E-state index < -0.39 is 0 Å². The maximum absolute atomic E-state index is 4.46. The Balaban J connectivity index is 2.47. The average Bonchev–Trinajstić information content (AvgIpc) is 2.73. The molecule has 0 fully saturated rings. The lowest BCUT2D eigenvalue weighted by molar-refractivity contribution is 0.746. The van der Waals surface area contributed by atoms with Crippen molar-refractivity contribution in [2.75, 3.05) is 0 Å². The Bertz CT molecular complexity index is 433. The summed E-state index contributed by atoms with van der Waals surface area (Å²) < 4.78 is 1.82. The Labute approximate surface area is 89.0 Å². The van der Waals surface area contributed by atoms with Crippen molar-refractivity contribution in [1.82, 2.24) is 19.7 Å². The van der Waals surface area contributed by atoms with Gasteiger partial charge in [-0.05, 0) is 25.0 Å². The molecule has 0 atom stereocenters. The van der Waals surface area contributed by atoms with Crippen molar-refractivity contribution >= 4 is 0 Å². The van der Waals surface area contributed by atoms with Gasteiger partial charge in [0.1, 0.15) is 0 Å². The Morgan fingerprint density at radius 3 is 2.47 bits per heavy atom. The number of aryl methyl sites for hydroxylation is 2. The zero-order valence-electron chi connectivity index (χ0n) is 9.01. The molecule has 0 bridgehead atoms. The Kier molecular flexibility index (Phi) is 2.76. The van der Waals surface area contributed by atoms with E-state index in [0.717, 1.165) is 24.2 Å². The highest BCUT2D eigenvalue weighted by molar-refractivity contribution is 5.19. The Hall–Kier alpha value is -1.71. The van der Waals surface area contributed by atoms with Gasteiger partial charge in [0.15, 0.2) is 0 Å². The van der Waals surface area contributed by atoms with Gasteiger partial charge in [0.05, 0.1) is 5.69 Å². The topological polar surface area (TPSA) is 43.6 Å². The summed E-state index contributed by atoms with van der Waals surface area (Å²) in [4.78, 5) is 8.39. The lowest BCUT2D eigenvalue weighted by Gasteiger charge is -2.01. The summed E-state index contributed by atoms with van der Waals surface area (Å²) in [5.41, 5.74) is 2.23. The highest BCUT2D eigenvalue weighted by Gasteiger charge is 2.08. The van der Waals surface area contributed by atoms with Crippen LogP contribution in [-0.2, 0) is 12.8 Å². The molecule has 4 heteroatoms. The molecular formula is C11H14N4. The smallest absolute Gasteiger partial charge is 0.220 e. The van der Waals surface area contributed by atoms with Crippen LogP contribution < -0.4 is 0 Å². The number of hydrogen-bond donors (Lipinski definition) is 0. The normalized spacial score (nSPS) is 10.5. The van der Waals surface area contributed by atoms with E-state index in [4.69, 9.17) is 0 Å². The van der Waals surface area contributed by atoms with Gasteiger partial charge in [-0.15, -0.1) is 0 Å². The molecular weight excluding hydrogens is 188 g/mol. The van der Waals surface area contributed by atoms with Crippen LogP contribution in [0.4, 0.5) is 0 Å². The molecule has 2 heterocycles. The zero-order chi connectivity index (χ0) is 10.7. The third-order valence-electron chi connectivity index (χ3n) is 2.30. The minimum Gasteiger partial charge on any atom is -0.220 e. The van der Waals surface area contributed by atoms with Gasteiger partial charge in [0, 0.05) is 18.1 Å². The molecule has 0 aliphatic heterocycles. The second-order valence-electron chi connectivity index (χ2n) is 3.29. The number of hydrogen-bond acceptors (Lipinski definition) is 3. The largest absolute Gasteiger partial charge is 0.250 e. The molecule has 4 nitrogen and oxygen atoms in total. The van der Waals surface area contributed by atoms with Gasteiger partial charge in [0.2, 0.25) is 0 Å². The monoisotopic (exact) mass is 202 g/mol. The van der Waals surface area contributed by atoms with E-state index in [1.807, 2.05) is 4.68 Å². The Morgan fingerprint density at radius 2 is 1.87 bits per heavy atom. The van der Waals surface area contributed by atoms with Gasteiger partial charge in [-0.1, -0.05) is 13.8 Å². The van der Waals surface area contributed by atoms with Gasteiger partial charge in [-0.3, -0.25) is 0 Å². The first-order valence-corrected chi connectivity index (χ1v) is 5.20. The summed E-state index contributed by atoms with van der Waals surface area (Å²) in [5, 5.41) is 4.46. The van der Waals surface area contributed by atoms with Crippen molar-refractivity contribution in [3.8, 4) is 5.95 Å². The van der Waals surface area contributed by atoms with Gasteiger partial charge < -0.3 is 0 Å². The fourth-order valence-electron chi connectivity index (χ4n) is 1.47. The molecule has 0 N–H and O–H groups in total. The van der Waals surface area contributed by atoms with Crippen molar-refractivity contribution in [2.24, 2.45) is 0 Å². The maximum atomic E-state index is 4.46. The van der Waals surface area contributed by atoms with Crippen LogP contribution in [0.25, 0.3) is 5.95 Å². The van der Waals surface area contributed by atoms with Crippen LogP contribution in [0.3, 0.4) is 0 Å². The van der Waals surface area contributed by atoms with E-state index in [1.165, 1.54) is 0 Å². The summed E-state index contributed by atoms with van der Waals surface area (Å²) in [6.45, 7) is 4.20. The van der Waals surface area contributed by atoms with Crippen molar-refractivity contribution in [1.29, 1.82) is 0 Å². The van der Waals surface area contributed by atoms with Crippen LogP contribution in [0.1, 0.15) is 25.2 Å². The molecule has 2 aromatic heterocycles. The summed E-state index contributed by atoms with van der Waals surface area (Å²) in [7, 11) is 0. The molecule has 0 unspecified atom stereocenters. The first kappa shape index (κ1) is 9.83. The predicted molar refractivity (Wildman–Crippen MR) is 57.9 cm³/mol. The van der Waals surface area contributed by atoms with E-state index >= 15 is 0 Å². The fourth-order valence-corrected chi connectivity index (χ4v) is 1.47. The predicted octanol–water partition coefficient (Wildman–Crippen LogP) is 1.79. The molecule has 0 radical (unpaired) electrons. The van der Waals surface area contributed by atoms with E-state index in [0.29, 0.717) is 5.95 Å². The van der Waals surface area contributed by atoms with E-state index in [-0.39, 0.29) is 0 Å². The molecule has 0 saturated carbocycles. The standard InChI is InChI=1S/C11H14N4/c1-3-9-8-10(4-2)15(14-9)11-12-6-5-7-13-11/h5-8H,3-4H2,1-2H3. The molecule has 0 aliphatic rings. The SMILES string of the molecule is CCc1cc(CC)n(-c2ncccn2)n1. The van der Waals surface area contributed by atoms with Crippen LogP contribution >= 0.6 is 0 Å². The number of nitrogens with zero attached hydrogens (tertiary/aromatic N) is 4. The van der Waals surface area contributed by atoms with Crippen LogP contribution in [0.15, 0.2) is 24.5 Å². The highest BCUT2D eigenvalue weighted by atomic mass is 15.4. The number of aromatic nitrogens is 4. The molecule has 0 saturated heterocycles. The average molecular weight is 202 g/mol. The van der Waals surface area contributed by atoms with E-state index in [2.05, 4.69) is 35.0 Å². The molecule has 2 rings (SSSR count). The van der Waals surface area contributed by atoms with Crippen molar-refractivity contribution in [2.45, 2.75) is 26.7 Å².